The molecule has 2 N–H and O–H groups in total. The van der Waals surface area contributed by atoms with Gasteiger partial charge in [-0.15, -0.1) is 0 Å². The SMILES string of the molecule is COCCCN(C)C(=O)C(C)(N)C(F)(F)F. The van der Waals surface area contributed by atoms with Gasteiger partial charge in [0.15, 0.2) is 5.54 Å². The van der Waals surface area contributed by atoms with Crippen molar-refractivity contribution in [1.29, 1.82) is 0 Å². The van der Waals surface area contributed by atoms with Crippen molar-refractivity contribution in [2.24, 2.45) is 5.73 Å². The molecule has 1 unspecified atom stereocenters. The van der Waals surface area contributed by atoms with Crippen molar-refractivity contribution in [3.05, 3.63) is 0 Å². The van der Waals surface area contributed by atoms with E-state index >= 15 is 0 Å². The lowest BCUT2D eigenvalue weighted by Crippen LogP contribution is -2.61. The summed E-state index contributed by atoms with van der Waals surface area (Å²) in [5.74, 6) is -1.14. The number of carbonyl (C=O) groups is 1. The Hall–Kier alpha value is -0.820. The van der Waals surface area contributed by atoms with E-state index in [1.54, 1.807) is 0 Å². The van der Waals surface area contributed by atoms with Crippen LogP contribution in [0.1, 0.15) is 13.3 Å². The van der Waals surface area contributed by atoms with Crippen LogP contribution in [0, 0.1) is 0 Å². The van der Waals surface area contributed by atoms with Crippen molar-refractivity contribution in [2.75, 3.05) is 27.3 Å². The third-order valence-corrected chi connectivity index (χ3v) is 2.22. The van der Waals surface area contributed by atoms with E-state index < -0.39 is 17.6 Å². The molecule has 96 valence electrons. The second-order valence-corrected chi connectivity index (χ2v) is 3.77. The molecule has 0 aliphatic rings. The molecule has 0 rings (SSSR count). The predicted molar refractivity (Wildman–Crippen MR) is 52.8 cm³/mol. The quantitative estimate of drug-likeness (QED) is 0.724. The second kappa shape index (κ2) is 5.49. The number of nitrogens with two attached hydrogens (primary N) is 1. The molecule has 16 heavy (non-hydrogen) atoms. The van der Waals surface area contributed by atoms with Gasteiger partial charge in [0.05, 0.1) is 0 Å². The van der Waals surface area contributed by atoms with Gasteiger partial charge in [-0.3, -0.25) is 4.79 Å². The summed E-state index contributed by atoms with van der Waals surface area (Å²) < 4.78 is 42.0. The van der Waals surface area contributed by atoms with Crippen LogP contribution in [0.3, 0.4) is 0 Å². The maximum atomic E-state index is 12.4. The minimum atomic E-state index is -4.75. The topological polar surface area (TPSA) is 55.6 Å². The maximum absolute atomic E-state index is 12.4. The van der Waals surface area contributed by atoms with E-state index in [0.29, 0.717) is 20.0 Å². The Balaban J connectivity index is 4.43. The lowest BCUT2D eigenvalue weighted by Gasteiger charge is -2.30. The van der Waals surface area contributed by atoms with Crippen LogP contribution >= 0.6 is 0 Å². The van der Waals surface area contributed by atoms with Crippen molar-refractivity contribution in [2.45, 2.75) is 25.1 Å². The molecule has 0 saturated carbocycles. The Bertz CT molecular complexity index is 241. The molecule has 0 aromatic carbocycles. The number of hydrogen-bond donors (Lipinski definition) is 1. The van der Waals surface area contributed by atoms with E-state index in [1.807, 2.05) is 0 Å². The van der Waals surface area contributed by atoms with Crippen molar-refractivity contribution >= 4 is 5.91 Å². The summed E-state index contributed by atoms with van der Waals surface area (Å²) >= 11 is 0. The first kappa shape index (κ1) is 15.2. The van der Waals surface area contributed by atoms with E-state index in [4.69, 9.17) is 10.5 Å². The molecule has 7 heteroatoms. The number of amides is 1. The van der Waals surface area contributed by atoms with Gasteiger partial charge < -0.3 is 15.4 Å². The smallest absolute Gasteiger partial charge is 0.385 e. The van der Waals surface area contributed by atoms with Gasteiger partial charge in [0, 0.05) is 27.3 Å². The van der Waals surface area contributed by atoms with Crippen LogP contribution in [0.4, 0.5) is 13.2 Å². The standard InChI is InChI=1S/C9H17F3N2O2/c1-8(13,9(10,11)12)7(15)14(2)5-4-6-16-3/h4-6,13H2,1-3H3. The van der Waals surface area contributed by atoms with Crippen LogP contribution in [0.2, 0.25) is 0 Å². The van der Waals surface area contributed by atoms with Crippen LogP contribution in [-0.4, -0.2) is 49.8 Å². The first-order valence-electron chi connectivity index (χ1n) is 4.74. The van der Waals surface area contributed by atoms with Crippen LogP contribution in [-0.2, 0) is 9.53 Å². The normalized spacial score (nSPS) is 15.7. The summed E-state index contributed by atoms with van der Waals surface area (Å²) in [5, 5.41) is 0. The fourth-order valence-electron chi connectivity index (χ4n) is 1.07. The molecule has 0 bridgehead atoms. The first-order valence-corrected chi connectivity index (χ1v) is 4.74. The third kappa shape index (κ3) is 3.64. The monoisotopic (exact) mass is 242 g/mol. The summed E-state index contributed by atoms with van der Waals surface area (Å²) in [5.41, 5.74) is 2.16. The summed E-state index contributed by atoms with van der Waals surface area (Å²) in [6.45, 7) is 1.22. The zero-order valence-electron chi connectivity index (χ0n) is 9.60. The lowest BCUT2D eigenvalue weighted by molar-refractivity contribution is -0.193. The first-order chi connectivity index (χ1) is 7.14. The van der Waals surface area contributed by atoms with Crippen molar-refractivity contribution < 1.29 is 22.7 Å². The van der Waals surface area contributed by atoms with Gasteiger partial charge in [-0.2, -0.15) is 13.2 Å². The zero-order valence-corrected chi connectivity index (χ0v) is 9.60. The zero-order chi connectivity index (χ0) is 13.0. The fraction of sp³-hybridized carbons (Fsp3) is 0.889. The predicted octanol–water partition coefficient (Wildman–Crippen LogP) is 0.761. The molecule has 0 fully saturated rings. The largest absolute Gasteiger partial charge is 0.415 e. The average Bonchev–Trinajstić information content (AvgIpc) is 2.15. The average molecular weight is 242 g/mol. The van der Waals surface area contributed by atoms with Crippen LogP contribution < -0.4 is 5.73 Å². The Morgan fingerprint density at radius 2 is 1.94 bits per heavy atom. The van der Waals surface area contributed by atoms with E-state index in [-0.39, 0.29) is 6.54 Å². The molecule has 1 amide bonds. The van der Waals surface area contributed by atoms with Crippen LogP contribution in [0.5, 0.6) is 0 Å². The number of alkyl halides is 3. The van der Waals surface area contributed by atoms with Crippen LogP contribution in [0.25, 0.3) is 0 Å². The molecule has 0 radical (unpaired) electrons. The Morgan fingerprint density at radius 1 is 1.44 bits per heavy atom. The Morgan fingerprint density at radius 3 is 2.31 bits per heavy atom. The second-order valence-electron chi connectivity index (χ2n) is 3.77. The minimum absolute atomic E-state index is 0.176. The Labute approximate surface area is 92.5 Å². The molecule has 0 aliphatic carbocycles. The number of rotatable bonds is 5. The van der Waals surface area contributed by atoms with Crippen molar-refractivity contribution in [3.8, 4) is 0 Å². The van der Waals surface area contributed by atoms with E-state index in [1.165, 1.54) is 14.2 Å². The minimum Gasteiger partial charge on any atom is -0.385 e. The number of likely N-dealkylation sites (N-methyl/N-ethyl adjacent to an activating group) is 1. The summed E-state index contributed by atoms with van der Waals surface area (Å²) in [6, 6.07) is 0. The third-order valence-electron chi connectivity index (χ3n) is 2.22. The van der Waals surface area contributed by atoms with Gasteiger partial charge in [-0.1, -0.05) is 0 Å². The van der Waals surface area contributed by atoms with E-state index in [2.05, 4.69) is 0 Å². The number of halogens is 3. The maximum Gasteiger partial charge on any atom is 0.415 e. The molecule has 4 nitrogen and oxygen atoms in total. The van der Waals surface area contributed by atoms with Crippen molar-refractivity contribution in [1.82, 2.24) is 4.90 Å². The van der Waals surface area contributed by atoms with Gasteiger partial charge in [0.25, 0.3) is 5.91 Å². The molecular formula is C9H17F3N2O2. The van der Waals surface area contributed by atoms with Gasteiger partial charge in [-0.25, -0.2) is 0 Å². The van der Waals surface area contributed by atoms with Crippen molar-refractivity contribution in [3.63, 3.8) is 0 Å². The molecular weight excluding hydrogens is 225 g/mol. The highest BCUT2D eigenvalue weighted by Crippen LogP contribution is 2.29. The molecule has 0 saturated heterocycles. The van der Waals surface area contributed by atoms with E-state index in [0.717, 1.165) is 4.90 Å². The number of methoxy groups -OCH3 is 1. The highest BCUT2D eigenvalue weighted by atomic mass is 19.4. The summed E-state index contributed by atoms with van der Waals surface area (Å²) in [7, 11) is 2.76. The molecule has 0 aliphatic heterocycles. The van der Waals surface area contributed by atoms with E-state index in [9.17, 15) is 18.0 Å². The molecule has 0 heterocycles. The van der Waals surface area contributed by atoms with Gasteiger partial charge in [0.2, 0.25) is 0 Å². The summed E-state index contributed by atoms with van der Waals surface area (Å²) in [4.78, 5) is 12.4. The number of nitrogens with zero attached hydrogens (tertiary/aromatic N) is 1. The van der Waals surface area contributed by atoms with Gasteiger partial charge in [0.1, 0.15) is 0 Å². The van der Waals surface area contributed by atoms with Gasteiger partial charge >= 0.3 is 6.18 Å². The van der Waals surface area contributed by atoms with Gasteiger partial charge in [-0.05, 0) is 13.3 Å². The fourth-order valence-corrected chi connectivity index (χ4v) is 1.07. The number of ether oxygens (including phenoxy) is 1. The molecule has 0 aromatic rings. The molecule has 0 spiro atoms. The lowest BCUT2D eigenvalue weighted by atomic mass is 10.0. The highest BCUT2D eigenvalue weighted by molar-refractivity contribution is 5.86. The summed E-state index contributed by atoms with van der Waals surface area (Å²) in [6.07, 6.45) is -4.29. The number of carbonyl (C=O) groups excluding carboxylic acids is 1. The molecule has 0 aromatic heterocycles. The highest BCUT2D eigenvalue weighted by Gasteiger charge is 2.54. The Kier molecular flexibility index (Phi) is 5.21. The van der Waals surface area contributed by atoms with Crippen LogP contribution in [0.15, 0.2) is 0 Å². The molecule has 1 atom stereocenters. The number of hydrogen-bond acceptors (Lipinski definition) is 3.